The van der Waals surface area contributed by atoms with E-state index in [-0.39, 0.29) is 16.9 Å². The molecule has 2 rings (SSSR count). The molecule has 0 aliphatic carbocycles. The number of aryl methyl sites for hydroxylation is 2. The molecule has 0 unspecified atom stereocenters. The van der Waals surface area contributed by atoms with Crippen molar-refractivity contribution in [2.45, 2.75) is 51.6 Å². The fourth-order valence-corrected chi connectivity index (χ4v) is 4.00. The molecule has 2 heterocycles. The molecule has 1 atom stereocenters. The van der Waals surface area contributed by atoms with Gasteiger partial charge in [0.1, 0.15) is 0 Å². The molecule has 0 aliphatic heterocycles. The maximum Gasteiger partial charge on any atom is 0.217 e. The lowest BCUT2D eigenvalue weighted by molar-refractivity contribution is -0.119. The second-order valence-corrected chi connectivity index (χ2v) is 8.08. The first-order valence-electron chi connectivity index (χ1n) is 7.63. The van der Waals surface area contributed by atoms with Gasteiger partial charge in [-0.25, -0.2) is 9.97 Å². The van der Waals surface area contributed by atoms with E-state index in [0.717, 1.165) is 21.8 Å². The van der Waals surface area contributed by atoms with E-state index >= 15 is 0 Å². The number of thiophene rings is 1. The largest absolute Gasteiger partial charge is 0.351 e. The molecule has 7 heteroatoms. The molecule has 0 aliphatic rings. The zero-order valence-corrected chi connectivity index (χ0v) is 16.1. The fourth-order valence-electron chi connectivity index (χ4n) is 2.02. The maximum atomic E-state index is 12.6. The van der Waals surface area contributed by atoms with Crippen molar-refractivity contribution in [1.82, 2.24) is 15.3 Å². The van der Waals surface area contributed by atoms with Crippen molar-refractivity contribution in [3.05, 3.63) is 38.8 Å². The summed E-state index contributed by atoms with van der Waals surface area (Å²) in [6, 6.07) is 3.69. The summed E-state index contributed by atoms with van der Waals surface area (Å²) < 4.78 is 0. The first-order valence-corrected chi connectivity index (χ1v) is 9.33. The van der Waals surface area contributed by atoms with Crippen LogP contribution in [0.15, 0.2) is 17.3 Å². The van der Waals surface area contributed by atoms with E-state index in [1.807, 2.05) is 39.8 Å². The van der Waals surface area contributed by atoms with Crippen molar-refractivity contribution in [3.63, 3.8) is 0 Å². The van der Waals surface area contributed by atoms with E-state index in [4.69, 9.17) is 0 Å². The van der Waals surface area contributed by atoms with Crippen LogP contribution < -0.4 is 5.32 Å². The van der Waals surface area contributed by atoms with Gasteiger partial charge in [0.25, 0.3) is 0 Å². The molecule has 24 heavy (non-hydrogen) atoms. The summed E-state index contributed by atoms with van der Waals surface area (Å²) in [5.74, 6) is -0.0268. The predicted molar refractivity (Wildman–Crippen MR) is 97.7 cm³/mol. The minimum absolute atomic E-state index is 0.0542. The van der Waals surface area contributed by atoms with Gasteiger partial charge in [-0.2, -0.15) is 0 Å². The van der Waals surface area contributed by atoms with Gasteiger partial charge in [0.05, 0.1) is 16.7 Å². The van der Waals surface area contributed by atoms with Gasteiger partial charge in [0.2, 0.25) is 5.91 Å². The minimum Gasteiger partial charge on any atom is -0.351 e. The SMILES string of the molecule is CC(=O)NCc1ccc(C(=O)[C@@H](C)Sc2nc(C)c(C)c(C)n2)s1. The Morgan fingerprint density at radius 1 is 1.21 bits per heavy atom. The summed E-state index contributed by atoms with van der Waals surface area (Å²) in [5, 5.41) is 3.10. The lowest BCUT2D eigenvalue weighted by Gasteiger charge is -2.10. The summed E-state index contributed by atoms with van der Waals surface area (Å²) in [5.41, 5.74) is 2.97. The number of thioether (sulfide) groups is 1. The number of hydrogen-bond acceptors (Lipinski definition) is 6. The third kappa shape index (κ3) is 4.64. The molecule has 1 amide bonds. The molecule has 2 aromatic rings. The normalized spacial score (nSPS) is 12.0. The Hall–Kier alpha value is -1.73. The number of carbonyl (C=O) groups is 2. The Labute approximate surface area is 150 Å². The number of Topliss-reactive ketones (excluding diaryl/α,β-unsaturated/α-hetero) is 1. The third-order valence-corrected chi connectivity index (χ3v) is 5.74. The zero-order valence-electron chi connectivity index (χ0n) is 14.5. The van der Waals surface area contributed by atoms with E-state index in [1.54, 1.807) is 0 Å². The highest BCUT2D eigenvalue weighted by Gasteiger charge is 2.20. The number of nitrogens with zero attached hydrogens (tertiary/aromatic N) is 2. The molecule has 0 radical (unpaired) electrons. The van der Waals surface area contributed by atoms with Gasteiger partial charge in [0.15, 0.2) is 10.9 Å². The number of ketones is 1. The van der Waals surface area contributed by atoms with Crippen LogP contribution in [0.25, 0.3) is 0 Å². The van der Waals surface area contributed by atoms with Crippen molar-refractivity contribution >= 4 is 34.8 Å². The van der Waals surface area contributed by atoms with Gasteiger partial charge >= 0.3 is 0 Å². The molecule has 0 bridgehead atoms. The number of nitrogens with one attached hydrogen (secondary N) is 1. The number of aromatic nitrogens is 2. The van der Waals surface area contributed by atoms with Crippen molar-refractivity contribution in [3.8, 4) is 0 Å². The number of carbonyl (C=O) groups excluding carboxylic acids is 2. The molecule has 0 saturated carbocycles. The van der Waals surface area contributed by atoms with Gasteiger partial charge in [-0.3, -0.25) is 9.59 Å². The second kappa shape index (κ2) is 7.90. The monoisotopic (exact) mass is 363 g/mol. The predicted octanol–water partition coefficient (Wildman–Crippen LogP) is 3.46. The van der Waals surface area contributed by atoms with Crippen LogP contribution in [0.4, 0.5) is 0 Å². The van der Waals surface area contributed by atoms with E-state index in [1.165, 1.54) is 30.0 Å². The van der Waals surface area contributed by atoms with Gasteiger partial charge < -0.3 is 5.32 Å². The molecule has 5 nitrogen and oxygen atoms in total. The average Bonchev–Trinajstić information content (AvgIpc) is 2.98. The Balaban J connectivity index is 2.05. The lowest BCUT2D eigenvalue weighted by atomic mass is 10.2. The first-order chi connectivity index (χ1) is 11.3. The van der Waals surface area contributed by atoms with Gasteiger partial charge in [-0.15, -0.1) is 11.3 Å². The highest BCUT2D eigenvalue weighted by molar-refractivity contribution is 8.00. The van der Waals surface area contributed by atoms with Crippen LogP contribution in [0.3, 0.4) is 0 Å². The van der Waals surface area contributed by atoms with Crippen LogP contribution in [0, 0.1) is 20.8 Å². The summed E-state index contributed by atoms with van der Waals surface area (Å²) in [4.78, 5) is 34.1. The Morgan fingerprint density at radius 2 is 1.83 bits per heavy atom. The standard InChI is InChI=1S/C17H21N3O2S2/c1-9-10(2)19-17(20-11(9)3)23-12(4)16(22)15-7-6-14(24-15)8-18-13(5)21/h6-7,12H,8H2,1-5H3,(H,18,21)/t12-/m1/s1. The number of amides is 1. The molecular formula is C17H21N3O2S2. The quantitative estimate of drug-likeness (QED) is 0.483. The smallest absolute Gasteiger partial charge is 0.217 e. The van der Waals surface area contributed by atoms with Crippen LogP contribution in [0.1, 0.15) is 45.3 Å². The van der Waals surface area contributed by atoms with Gasteiger partial charge in [-0.1, -0.05) is 11.8 Å². The fraction of sp³-hybridized carbons (Fsp3) is 0.412. The molecule has 0 saturated heterocycles. The lowest BCUT2D eigenvalue weighted by Crippen LogP contribution is -2.18. The van der Waals surface area contributed by atoms with E-state index < -0.39 is 0 Å². The third-order valence-electron chi connectivity index (χ3n) is 3.68. The van der Waals surface area contributed by atoms with Crippen LogP contribution >= 0.6 is 23.1 Å². The van der Waals surface area contributed by atoms with Crippen LogP contribution in [-0.4, -0.2) is 26.9 Å². The molecule has 128 valence electrons. The Bertz CT molecular complexity index is 748. The molecule has 0 fully saturated rings. The molecule has 0 aromatic carbocycles. The molecule has 2 aromatic heterocycles. The number of rotatable bonds is 6. The highest BCUT2D eigenvalue weighted by Crippen LogP contribution is 2.27. The first kappa shape index (κ1) is 18.6. The van der Waals surface area contributed by atoms with E-state index in [0.29, 0.717) is 16.6 Å². The highest BCUT2D eigenvalue weighted by atomic mass is 32.2. The summed E-state index contributed by atoms with van der Waals surface area (Å²) in [6.07, 6.45) is 0. The summed E-state index contributed by atoms with van der Waals surface area (Å²) in [7, 11) is 0. The average molecular weight is 364 g/mol. The van der Waals surface area contributed by atoms with Crippen molar-refractivity contribution in [1.29, 1.82) is 0 Å². The van der Waals surface area contributed by atoms with Crippen LogP contribution in [0.5, 0.6) is 0 Å². The van der Waals surface area contributed by atoms with Crippen molar-refractivity contribution in [2.24, 2.45) is 0 Å². The van der Waals surface area contributed by atoms with Gasteiger partial charge in [-0.05, 0) is 45.4 Å². The van der Waals surface area contributed by atoms with Gasteiger partial charge in [0, 0.05) is 23.2 Å². The number of hydrogen-bond donors (Lipinski definition) is 1. The maximum absolute atomic E-state index is 12.6. The minimum atomic E-state index is -0.265. The zero-order chi connectivity index (χ0) is 17.9. The summed E-state index contributed by atoms with van der Waals surface area (Å²) in [6.45, 7) is 9.70. The molecular weight excluding hydrogens is 342 g/mol. The van der Waals surface area contributed by atoms with Crippen molar-refractivity contribution in [2.75, 3.05) is 0 Å². The van der Waals surface area contributed by atoms with Crippen LogP contribution in [-0.2, 0) is 11.3 Å². The Morgan fingerprint density at radius 3 is 2.42 bits per heavy atom. The molecule has 1 N–H and O–H groups in total. The molecule has 0 spiro atoms. The van der Waals surface area contributed by atoms with Crippen molar-refractivity contribution < 1.29 is 9.59 Å². The summed E-state index contributed by atoms with van der Waals surface area (Å²) >= 11 is 2.79. The van der Waals surface area contributed by atoms with E-state index in [9.17, 15) is 9.59 Å². The second-order valence-electron chi connectivity index (χ2n) is 5.60. The van der Waals surface area contributed by atoms with E-state index in [2.05, 4.69) is 15.3 Å². The van der Waals surface area contributed by atoms with Crippen LogP contribution in [0.2, 0.25) is 0 Å². The topological polar surface area (TPSA) is 72.0 Å². The Kier molecular flexibility index (Phi) is 6.12.